The fourth-order valence-electron chi connectivity index (χ4n) is 2.03. The van der Waals surface area contributed by atoms with Gasteiger partial charge in [-0.3, -0.25) is 0 Å². The molecule has 0 fully saturated rings. The summed E-state index contributed by atoms with van der Waals surface area (Å²) in [5, 5.41) is 12.1. The van der Waals surface area contributed by atoms with Gasteiger partial charge in [-0.25, -0.2) is 0 Å². The normalized spacial score (nSPS) is 10.2. The molecule has 2 aromatic carbocycles. The average Bonchev–Trinajstić information content (AvgIpc) is 2.46. The number of rotatable bonds is 5. The van der Waals surface area contributed by atoms with Gasteiger partial charge in [0.25, 0.3) is 0 Å². The number of aliphatic hydroxyl groups excluding tert-OH is 1. The number of methoxy groups -OCH3 is 1. The van der Waals surface area contributed by atoms with Crippen LogP contribution in [0.2, 0.25) is 0 Å². The van der Waals surface area contributed by atoms with E-state index < -0.39 is 0 Å². The summed E-state index contributed by atoms with van der Waals surface area (Å²) in [5.41, 5.74) is 9.56. The van der Waals surface area contributed by atoms with Crippen LogP contribution < -0.4 is 15.8 Å². The first kappa shape index (κ1) is 13.2. The molecular formula is C15H18N2O2. The summed E-state index contributed by atoms with van der Waals surface area (Å²) in [6.45, 7) is 0.547. The Morgan fingerprint density at radius 2 is 1.89 bits per heavy atom. The van der Waals surface area contributed by atoms with Gasteiger partial charge in [-0.15, -0.1) is 0 Å². The minimum absolute atomic E-state index is 0.0696. The van der Waals surface area contributed by atoms with Crippen molar-refractivity contribution in [3.63, 3.8) is 0 Å². The highest BCUT2D eigenvalue weighted by Gasteiger charge is 2.12. The molecular weight excluding hydrogens is 240 g/mol. The van der Waals surface area contributed by atoms with E-state index in [1.54, 1.807) is 7.11 Å². The van der Waals surface area contributed by atoms with Gasteiger partial charge in [0.2, 0.25) is 0 Å². The predicted octanol–water partition coefficient (Wildman–Crippen LogP) is 2.35. The molecule has 0 heterocycles. The standard InChI is InChI=1S/C15H18N2O2/c1-19-13-8-7-12(17-9-10-18)14(15(13)16)11-5-3-2-4-6-11/h2-8,17-18H,9-10,16H2,1H3. The number of ether oxygens (including phenoxy) is 1. The molecule has 0 unspecified atom stereocenters. The van der Waals surface area contributed by atoms with Crippen molar-refractivity contribution >= 4 is 11.4 Å². The van der Waals surface area contributed by atoms with Crippen LogP contribution >= 0.6 is 0 Å². The molecule has 4 heteroatoms. The Kier molecular flexibility index (Phi) is 4.26. The lowest BCUT2D eigenvalue weighted by Crippen LogP contribution is -2.08. The Hall–Kier alpha value is -2.20. The molecule has 4 nitrogen and oxygen atoms in total. The second-order valence-electron chi connectivity index (χ2n) is 4.12. The molecule has 0 saturated carbocycles. The summed E-state index contributed by atoms with van der Waals surface area (Å²) in [6, 6.07) is 13.6. The van der Waals surface area contributed by atoms with Crippen LogP contribution in [-0.2, 0) is 0 Å². The van der Waals surface area contributed by atoms with E-state index in [0.717, 1.165) is 16.8 Å². The summed E-state index contributed by atoms with van der Waals surface area (Å²) in [6.07, 6.45) is 0. The number of nitrogens with two attached hydrogens (primary N) is 1. The van der Waals surface area contributed by atoms with E-state index in [0.29, 0.717) is 18.0 Å². The summed E-state index contributed by atoms with van der Waals surface area (Å²) in [4.78, 5) is 0. The van der Waals surface area contributed by atoms with E-state index in [1.807, 2.05) is 42.5 Å². The molecule has 0 bridgehead atoms. The van der Waals surface area contributed by atoms with Gasteiger partial charge < -0.3 is 20.9 Å². The Bertz CT molecular complexity index is 541. The molecule has 2 rings (SSSR count). The van der Waals surface area contributed by atoms with Gasteiger partial charge in [-0.1, -0.05) is 30.3 Å². The lowest BCUT2D eigenvalue weighted by atomic mass is 10.0. The zero-order valence-corrected chi connectivity index (χ0v) is 10.9. The quantitative estimate of drug-likeness (QED) is 0.720. The van der Waals surface area contributed by atoms with Crippen molar-refractivity contribution < 1.29 is 9.84 Å². The fourth-order valence-corrected chi connectivity index (χ4v) is 2.03. The van der Waals surface area contributed by atoms with Crippen LogP contribution in [0.5, 0.6) is 5.75 Å². The molecule has 0 aromatic heterocycles. The van der Waals surface area contributed by atoms with Crippen LogP contribution in [0.25, 0.3) is 11.1 Å². The number of benzene rings is 2. The van der Waals surface area contributed by atoms with Crippen molar-refractivity contribution in [3.8, 4) is 16.9 Å². The van der Waals surface area contributed by atoms with E-state index in [1.165, 1.54) is 0 Å². The van der Waals surface area contributed by atoms with Crippen LogP contribution in [0, 0.1) is 0 Å². The molecule has 0 aliphatic rings. The topological polar surface area (TPSA) is 67.5 Å². The van der Waals surface area contributed by atoms with Gasteiger partial charge in [0.1, 0.15) is 5.75 Å². The molecule has 100 valence electrons. The van der Waals surface area contributed by atoms with E-state index in [9.17, 15) is 0 Å². The number of hydrogen-bond donors (Lipinski definition) is 3. The van der Waals surface area contributed by atoms with Gasteiger partial charge in [0.05, 0.1) is 19.4 Å². The Morgan fingerprint density at radius 1 is 1.16 bits per heavy atom. The molecule has 0 saturated heterocycles. The molecule has 0 radical (unpaired) electrons. The lowest BCUT2D eigenvalue weighted by Gasteiger charge is -2.16. The van der Waals surface area contributed by atoms with Crippen molar-refractivity contribution in [1.82, 2.24) is 0 Å². The second-order valence-corrected chi connectivity index (χ2v) is 4.12. The lowest BCUT2D eigenvalue weighted by molar-refractivity contribution is 0.311. The monoisotopic (exact) mass is 258 g/mol. The third-order valence-electron chi connectivity index (χ3n) is 2.92. The van der Waals surface area contributed by atoms with Crippen molar-refractivity contribution in [2.75, 3.05) is 31.3 Å². The van der Waals surface area contributed by atoms with Gasteiger partial charge in [-0.2, -0.15) is 0 Å². The van der Waals surface area contributed by atoms with Crippen LogP contribution in [-0.4, -0.2) is 25.4 Å². The largest absolute Gasteiger partial charge is 0.495 e. The zero-order chi connectivity index (χ0) is 13.7. The molecule has 0 atom stereocenters. The van der Waals surface area contributed by atoms with Crippen LogP contribution in [0.3, 0.4) is 0 Å². The SMILES string of the molecule is COc1ccc(NCCO)c(-c2ccccc2)c1N. The highest BCUT2D eigenvalue weighted by molar-refractivity contribution is 5.90. The van der Waals surface area contributed by atoms with Crippen molar-refractivity contribution in [2.24, 2.45) is 0 Å². The van der Waals surface area contributed by atoms with Gasteiger partial charge in [-0.05, 0) is 17.7 Å². The van der Waals surface area contributed by atoms with E-state index in [4.69, 9.17) is 15.6 Å². The average molecular weight is 258 g/mol. The minimum atomic E-state index is 0.0696. The predicted molar refractivity (Wildman–Crippen MR) is 78.4 cm³/mol. The highest BCUT2D eigenvalue weighted by atomic mass is 16.5. The van der Waals surface area contributed by atoms with Gasteiger partial charge >= 0.3 is 0 Å². The molecule has 0 spiro atoms. The Balaban J connectivity index is 2.53. The number of hydrogen-bond acceptors (Lipinski definition) is 4. The molecule has 4 N–H and O–H groups in total. The second kappa shape index (κ2) is 6.11. The first-order chi connectivity index (χ1) is 9.27. The van der Waals surface area contributed by atoms with Crippen molar-refractivity contribution in [2.45, 2.75) is 0 Å². The maximum Gasteiger partial charge on any atom is 0.142 e. The van der Waals surface area contributed by atoms with E-state index in [-0.39, 0.29) is 6.61 Å². The Morgan fingerprint density at radius 3 is 2.53 bits per heavy atom. The van der Waals surface area contributed by atoms with Crippen molar-refractivity contribution in [1.29, 1.82) is 0 Å². The number of aliphatic hydroxyl groups is 1. The highest BCUT2D eigenvalue weighted by Crippen LogP contribution is 2.39. The smallest absolute Gasteiger partial charge is 0.142 e. The first-order valence-corrected chi connectivity index (χ1v) is 6.14. The maximum absolute atomic E-state index is 8.94. The van der Waals surface area contributed by atoms with Crippen LogP contribution in [0.15, 0.2) is 42.5 Å². The van der Waals surface area contributed by atoms with E-state index in [2.05, 4.69) is 5.32 Å². The molecule has 2 aromatic rings. The minimum Gasteiger partial charge on any atom is -0.495 e. The fraction of sp³-hybridized carbons (Fsp3) is 0.200. The number of nitrogen functional groups attached to an aromatic ring is 1. The Labute approximate surface area is 112 Å². The summed E-state index contributed by atoms with van der Waals surface area (Å²) in [7, 11) is 1.60. The van der Waals surface area contributed by atoms with Crippen LogP contribution in [0.4, 0.5) is 11.4 Å². The number of nitrogens with one attached hydrogen (secondary N) is 1. The van der Waals surface area contributed by atoms with E-state index >= 15 is 0 Å². The summed E-state index contributed by atoms with van der Waals surface area (Å²) >= 11 is 0. The molecule has 19 heavy (non-hydrogen) atoms. The first-order valence-electron chi connectivity index (χ1n) is 6.14. The van der Waals surface area contributed by atoms with Gasteiger partial charge in [0, 0.05) is 17.8 Å². The maximum atomic E-state index is 8.94. The van der Waals surface area contributed by atoms with Gasteiger partial charge in [0.15, 0.2) is 0 Å². The molecule has 0 aliphatic carbocycles. The summed E-state index contributed by atoms with van der Waals surface area (Å²) in [5.74, 6) is 0.647. The molecule has 0 aliphatic heterocycles. The van der Waals surface area contributed by atoms with Crippen molar-refractivity contribution in [3.05, 3.63) is 42.5 Å². The third kappa shape index (κ3) is 2.80. The molecule has 0 amide bonds. The zero-order valence-electron chi connectivity index (χ0n) is 10.9. The summed E-state index contributed by atoms with van der Waals surface area (Å²) < 4.78 is 5.26. The van der Waals surface area contributed by atoms with Crippen LogP contribution in [0.1, 0.15) is 0 Å². The third-order valence-corrected chi connectivity index (χ3v) is 2.92. The number of anilines is 2.